The van der Waals surface area contributed by atoms with Gasteiger partial charge in [0.2, 0.25) is 5.91 Å². The van der Waals surface area contributed by atoms with Crippen molar-refractivity contribution < 1.29 is 9.32 Å². The van der Waals surface area contributed by atoms with Crippen molar-refractivity contribution in [3.8, 4) is 0 Å². The van der Waals surface area contributed by atoms with Crippen LogP contribution in [0.1, 0.15) is 49.8 Å². The van der Waals surface area contributed by atoms with E-state index in [9.17, 15) is 4.79 Å². The minimum Gasteiger partial charge on any atom is -0.361 e. The van der Waals surface area contributed by atoms with Crippen LogP contribution in [-0.4, -0.2) is 17.1 Å². The summed E-state index contributed by atoms with van der Waals surface area (Å²) in [7, 11) is 0. The predicted molar refractivity (Wildman–Crippen MR) is 91.4 cm³/mol. The second kappa shape index (κ2) is 6.99. The van der Waals surface area contributed by atoms with Crippen LogP contribution < -0.4 is 5.32 Å². The smallest absolute Gasteiger partial charge is 0.230 e. The molecule has 1 heterocycles. The fourth-order valence-electron chi connectivity index (χ4n) is 2.99. The van der Waals surface area contributed by atoms with Crippen molar-refractivity contribution >= 4 is 5.91 Å². The molecule has 124 valence electrons. The van der Waals surface area contributed by atoms with E-state index in [1.165, 1.54) is 5.56 Å². The second-order valence-corrected chi connectivity index (χ2v) is 6.72. The molecule has 4 heteroatoms. The average Bonchev–Trinajstić information content (AvgIpc) is 2.85. The minimum absolute atomic E-state index is 0.00691. The van der Waals surface area contributed by atoms with Crippen molar-refractivity contribution in [2.75, 3.05) is 0 Å². The lowest BCUT2D eigenvalue weighted by atomic mass is 9.82. The molecule has 0 fully saturated rings. The monoisotopic (exact) mass is 314 g/mol. The zero-order chi connectivity index (χ0) is 17.0. The van der Waals surface area contributed by atoms with Crippen LogP contribution in [0.15, 0.2) is 34.9 Å². The van der Waals surface area contributed by atoms with Gasteiger partial charge in [0.25, 0.3) is 0 Å². The highest BCUT2D eigenvalue weighted by Gasteiger charge is 2.35. The molecule has 0 aliphatic rings. The first kappa shape index (κ1) is 17.3. The van der Waals surface area contributed by atoms with Crippen molar-refractivity contribution in [2.45, 2.75) is 58.9 Å². The molecule has 0 spiro atoms. The van der Waals surface area contributed by atoms with Crippen LogP contribution in [0.5, 0.6) is 0 Å². The van der Waals surface area contributed by atoms with E-state index >= 15 is 0 Å². The molecule has 0 radical (unpaired) electrons. The number of aryl methyl sites for hydroxylation is 3. The third kappa shape index (κ3) is 4.01. The quantitative estimate of drug-likeness (QED) is 0.884. The molecular formula is C19H26N2O2. The van der Waals surface area contributed by atoms with E-state index < -0.39 is 5.41 Å². The summed E-state index contributed by atoms with van der Waals surface area (Å²) >= 11 is 0. The molecule has 4 nitrogen and oxygen atoms in total. The first-order chi connectivity index (χ1) is 10.8. The van der Waals surface area contributed by atoms with E-state index in [0.717, 1.165) is 24.1 Å². The Hall–Kier alpha value is -2.10. The number of amides is 1. The summed E-state index contributed by atoms with van der Waals surface area (Å²) in [6.45, 7) is 9.60. The number of nitrogens with one attached hydrogen (secondary N) is 1. The zero-order valence-electron chi connectivity index (χ0n) is 14.6. The van der Waals surface area contributed by atoms with Crippen molar-refractivity contribution in [1.29, 1.82) is 0 Å². The lowest BCUT2D eigenvalue weighted by Gasteiger charge is -2.26. The van der Waals surface area contributed by atoms with Gasteiger partial charge in [-0.1, -0.05) is 35.5 Å². The Bertz CT molecular complexity index is 640. The van der Waals surface area contributed by atoms with Crippen molar-refractivity contribution in [1.82, 2.24) is 10.5 Å². The highest BCUT2D eigenvalue weighted by Crippen LogP contribution is 2.29. The Morgan fingerprint density at radius 1 is 1.26 bits per heavy atom. The number of carbonyl (C=O) groups is 1. The average molecular weight is 314 g/mol. The van der Waals surface area contributed by atoms with E-state index in [-0.39, 0.29) is 11.9 Å². The molecule has 0 saturated carbocycles. The summed E-state index contributed by atoms with van der Waals surface area (Å²) < 4.78 is 5.21. The molecule has 0 aliphatic heterocycles. The van der Waals surface area contributed by atoms with Gasteiger partial charge in [0.15, 0.2) is 0 Å². The molecule has 2 aromatic rings. The number of nitrogens with zero attached hydrogens (tertiary/aromatic N) is 1. The molecule has 1 aromatic heterocycles. The first-order valence-electron chi connectivity index (χ1n) is 8.10. The van der Waals surface area contributed by atoms with E-state index in [2.05, 4.69) is 22.6 Å². The molecular weight excluding hydrogens is 288 g/mol. The zero-order valence-corrected chi connectivity index (χ0v) is 14.6. The highest BCUT2D eigenvalue weighted by molar-refractivity contribution is 5.88. The van der Waals surface area contributed by atoms with Crippen LogP contribution in [-0.2, 0) is 16.6 Å². The maximum atomic E-state index is 12.7. The van der Waals surface area contributed by atoms with Crippen molar-refractivity contribution in [3.63, 3.8) is 0 Å². The van der Waals surface area contributed by atoms with Crippen LogP contribution >= 0.6 is 0 Å². The van der Waals surface area contributed by atoms with Crippen LogP contribution in [0.3, 0.4) is 0 Å². The fourth-order valence-corrected chi connectivity index (χ4v) is 2.99. The van der Waals surface area contributed by atoms with Gasteiger partial charge in [-0.3, -0.25) is 4.79 Å². The largest absolute Gasteiger partial charge is 0.361 e. The number of aromatic nitrogens is 1. The molecule has 0 saturated heterocycles. The van der Waals surface area contributed by atoms with Gasteiger partial charge in [-0.15, -0.1) is 0 Å². The SMILES string of the molecule is Cc1noc(C)c1C(C)(C)C(=O)N[C@@H](C)CCc1ccccc1. The molecule has 0 aliphatic carbocycles. The Kier molecular flexibility index (Phi) is 5.24. The maximum absolute atomic E-state index is 12.7. The third-order valence-corrected chi connectivity index (χ3v) is 4.31. The molecule has 0 bridgehead atoms. The van der Waals surface area contributed by atoms with Gasteiger partial charge in [0.05, 0.1) is 11.1 Å². The van der Waals surface area contributed by atoms with Gasteiger partial charge in [-0.25, -0.2) is 0 Å². The van der Waals surface area contributed by atoms with Gasteiger partial charge in [-0.05, 0) is 53.0 Å². The van der Waals surface area contributed by atoms with Gasteiger partial charge in [0, 0.05) is 11.6 Å². The van der Waals surface area contributed by atoms with Crippen LogP contribution in [0.2, 0.25) is 0 Å². The highest BCUT2D eigenvalue weighted by atomic mass is 16.5. The molecule has 1 aromatic carbocycles. The minimum atomic E-state index is -0.658. The first-order valence-corrected chi connectivity index (χ1v) is 8.10. The summed E-state index contributed by atoms with van der Waals surface area (Å²) in [6, 6.07) is 10.4. The summed E-state index contributed by atoms with van der Waals surface area (Å²) in [4.78, 5) is 12.7. The molecule has 1 N–H and O–H groups in total. The van der Waals surface area contributed by atoms with E-state index in [4.69, 9.17) is 4.52 Å². The number of carbonyl (C=O) groups excluding carboxylic acids is 1. The van der Waals surface area contributed by atoms with Crippen molar-refractivity contribution in [3.05, 3.63) is 52.9 Å². The standard InChI is InChI=1S/C19H26N2O2/c1-13(11-12-16-9-7-6-8-10-16)20-18(22)19(4,5)17-14(2)21-23-15(17)3/h6-10,13H,11-12H2,1-5H3,(H,20,22)/t13-/m0/s1. The summed E-state index contributed by atoms with van der Waals surface area (Å²) in [6.07, 6.45) is 1.86. The Morgan fingerprint density at radius 2 is 1.91 bits per heavy atom. The molecule has 2 rings (SSSR count). The van der Waals surface area contributed by atoms with E-state index in [1.807, 2.05) is 52.8 Å². The van der Waals surface area contributed by atoms with Crippen LogP contribution in [0.4, 0.5) is 0 Å². The number of hydrogen-bond donors (Lipinski definition) is 1. The Balaban J connectivity index is 1.97. The molecule has 1 amide bonds. The molecule has 1 atom stereocenters. The predicted octanol–water partition coefficient (Wildman–Crippen LogP) is 3.71. The van der Waals surface area contributed by atoms with E-state index in [0.29, 0.717) is 5.76 Å². The lowest BCUT2D eigenvalue weighted by molar-refractivity contribution is -0.126. The number of benzene rings is 1. The van der Waals surface area contributed by atoms with Gasteiger partial charge >= 0.3 is 0 Å². The number of rotatable bonds is 6. The maximum Gasteiger partial charge on any atom is 0.230 e. The topological polar surface area (TPSA) is 55.1 Å². The normalized spacial score (nSPS) is 12.9. The summed E-state index contributed by atoms with van der Waals surface area (Å²) in [5.41, 5.74) is 2.29. The summed E-state index contributed by atoms with van der Waals surface area (Å²) in [5.74, 6) is 0.715. The second-order valence-electron chi connectivity index (χ2n) is 6.72. The fraction of sp³-hybridized carbons (Fsp3) is 0.474. The van der Waals surface area contributed by atoms with Crippen LogP contribution in [0.25, 0.3) is 0 Å². The van der Waals surface area contributed by atoms with Crippen LogP contribution in [0, 0.1) is 13.8 Å². The number of hydrogen-bond acceptors (Lipinski definition) is 3. The molecule has 0 unspecified atom stereocenters. The van der Waals surface area contributed by atoms with Gasteiger partial charge in [-0.2, -0.15) is 0 Å². The van der Waals surface area contributed by atoms with Gasteiger partial charge in [0.1, 0.15) is 5.76 Å². The Labute approximate surface area is 138 Å². The third-order valence-electron chi connectivity index (χ3n) is 4.31. The Morgan fingerprint density at radius 3 is 2.48 bits per heavy atom. The lowest BCUT2D eigenvalue weighted by Crippen LogP contribution is -2.44. The van der Waals surface area contributed by atoms with Gasteiger partial charge < -0.3 is 9.84 Å². The summed E-state index contributed by atoms with van der Waals surface area (Å²) in [5, 5.41) is 7.09. The van der Waals surface area contributed by atoms with E-state index in [1.54, 1.807) is 0 Å². The molecule has 23 heavy (non-hydrogen) atoms. The van der Waals surface area contributed by atoms with Crippen molar-refractivity contribution in [2.24, 2.45) is 0 Å².